The number of rotatable bonds is 10. The first-order valence-electron chi connectivity index (χ1n) is 10.3. The van der Waals surface area contributed by atoms with E-state index in [0.717, 1.165) is 11.0 Å². The van der Waals surface area contributed by atoms with E-state index in [1.165, 1.54) is 24.4 Å². The van der Waals surface area contributed by atoms with Crippen molar-refractivity contribution < 1.29 is 36.2 Å². The molecule has 1 aromatic carbocycles. The Labute approximate surface area is 203 Å². The molecule has 0 bridgehead atoms. The fourth-order valence-electron chi connectivity index (χ4n) is 3.35. The lowest BCUT2D eigenvalue weighted by molar-refractivity contribution is -0.136. The number of benzene rings is 1. The molecule has 0 spiro atoms. The molecule has 0 radical (unpaired) electrons. The van der Waals surface area contributed by atoms with Gasteiger partial charge in [0.15, 0.2) is 0 Å². The molecular formula is C22H22F3N3O5S2. The van der Waals surface area contributed by atoms with Crippen LogP contribution in [0, 0.1) is 5.41 Å². The summed E-state index contributed by atoms with van der Waals surface area (Å²) >= 11 is 0.658. The van der Waals surface area contributed by atoms with Crippen molar-refractivity contribution in [1.29, 1.82) is 5.41 Å². The molecular weight excluding hydrogens is 507 g/mol. The smallest absolute Gasteiger partial charge is 0.430 e. The van der Waals surface area contributed by atoms with E-state index in [0.29, 0.717) is 40.7 Å². The maximum atomic E-state index is 13.5. The molecule has 35 heavy (non-hydrogen) atoms. The molecule has 0 amide bonds. The van der Waals surface area contributed by atoms with Crippen LogP contribution in [0.4, 0.5) is 13.2 Å². The number of carboxylic acid groups (broad SMARTS) is 1. The van der Waals surface area contributed by atoms with Crippen LogP contribution in [0.2, 0.25) is 0 Å². The van der Waals surface area contributed by atoms with E-state index in [9.17, 15) is 26.4 Å². The third kappa shape index (κ3) is 5.68. The zero-order chi connectivity index (χ0) is 26.0. The number of aliphatic carboxylic acids is 1. The van der Waals surface area contributed by atoms with Gasteiger partial charge in [0.05, 0.1) is 22.7 Å². The molecule has 13 heteroatoms. The number of nitrogens with zero attached hydrogens (tertiary/aromatic N) is 1. The molecule has 3 N–H and O–H groups in total. The van der Waals surface area contributed by atoms with Crippen molar-refractivity contribution in [3.8, 4) is 5.75 Å². The van der Waals surface area contributed by atoms with Crippen LogP contribution >= 0.6 is 11.3 Å². The van der Waals surface area contributed by atoms with Crippen molar-refractivity contribution in [2.75, 3.05) is 13.7 Å². The van der Waals surface area contributed by atoms with Crippen molar-refractivity contribution >= 4 is 43.9 Å². The first-order valence-corrected chi connectivity index (χ1v) is 12.5. The van der Waals surface area contributed by atoms with Gasteiger partial charge in [-0.15, -0.1) is 11.3 Å². The number of aromatic nitrogens is 1. The standard InChI is InChI=1S/C22H22F3N3O5S2/c1-3-33-14-5-6-15-13(4-8-20(29)30)12-28(17(15)10-14)35(31,32)21-9-7-18(34-21)16(26)11-19(27-2)22(23,24)25/h5-7,9-12,26-27H,3-4,8H2,1-2H3,(H,29,30)/b19-11-,26-16?. The van der Waals surface area contributed by atoms with Gasteiger partial charge in [-0.1, -0.05) is 0 Å². The highest BCUT2D eigenvalue weighted by molar-refractivity contribution is 7.92. The highest BCUT2D eigenvalue weighted by Gasteiger charge is 2.33. The summed E-state index contributed by atoms with van der Waals surface area (Å²) in [6.07, 6.45) is -2.87. The number of thiophene rings is 1. The predicted molar refractivity (Wildman–Crippen MR) is 126 cm³/mol. The molecule has 2 aromatic heterocycles. The average molecular weight is 530 g/mol. The number of fused-ring (bicyclic) bond motifs is 1. The molecule has 0 saturated heterocycles. The Morgan fingerprint density at radius 2 is 2.00 bits per heavy atom. The Kier molecular flexibility index (Phi) is 7.60. The summed E-state index contributed by atoms with van der Waals surface area (Å²) < 4.78 is 72.2. The molecule has 8 nitrogen and oxygen atoms in total. The Morgan fingerprint density at radius 1 is 1.29 bits per heavy atom. The Balaban J connectivity index is 2.07. The number of aryl methyl sites for hydroxylation is 1. The molecule has 0 saturated carbocycles. The minimum absolute atomic E-state index is 0.0261. The van der Waals surface area contributed by atoms with Gasteiger partial charge in [0, 0.05) is 31.1 Å². The number of carbonyl (C=O) groups is 1. The summed E-state index contributed by atoms with van der Waals surface area (Å²) in [7, 11) is -3.14. The number of allylic oxidation sites excluding steroid dienone is 2. The lowest BCUT2D eigenvalue weighted by Gasteiger charge is -2.10. The number of halogens is 3. The first kappa shape index (κ1) is 26.3. The van der Waals surface area contributed by atoms with Crippen LogP contribution in [-0.2, 0) is 21.2 Å². The lowest BCUT2D eigenvalue weighted by atomic mass is 10.1. The number of alkyl halides is 3. The normalized spacial score (nSPS) is 12.7. The highest BCUT2D eigenvalue weighted by atomic mass is 32.2. The summed E-state index contributed by atoms with van der Waals surface area (Å²) in [5, 5.41) is 19.6. The van der Waals surface area contributed by atoms with Crippen molar-refractivity contribution in [3.05, 3.63) is 58.7 Å². The molecule has 0 atom stereocenters. The van der Waals surface area contributed by atoms with Gasteiger partial charge in [-0.2, -0.15) is 21.6 Å². The van der Waals surface area contributed by atoms with E-state index >= 15 is 0 Å². The largest absolute Gasteiger partial charge is 0.494 e. The second-order valence-corrected chi connectivity index (χ2v) is 10.4. The number of nitrogens with one attached hydrogen (secondary N) is 2. The fourth-order valence-corrected chi connectivity index (χ4v) is 6.05. The van der Waals surface area contributed by atoms with Crippen molar-refractivity contribution in [2.45, 2.75) is 30.2 Å². The predicted octanol–water partition coefficient (Wildman–Crippen LogP) is 4.39. The number of ether oxygens (including phenoxy) is 1. The van der Waals surface area contributed by atoms with Gasteiger partial charge in [0.1, 0.15) is 15.7 Å². The Morgan fingerprint density at radius 3 is 2.60 bits per heavy atom. The second kappa shape index (κ2) is 10.1. The van der Waals surface area contributed by atoms with Gasteiger partial charge in [-0.3, -0.25) is 10.2 Å². The van der Waals surface area contributed by atoms with Gasteiger partial charge >= 0.3 is 12.1 Å². The molecule has 0 unspecified atom stereocenters. The monoisotopic (exact) mass is 529 g/mol. The molecule has 0 aliphatic carbocycles. The maximum Gasteiger partial charge on any atom is 0.430 e. The van der Waals surface area contributed by atoms with E-state index in [4.69, 9.17) is 15.3 Å². The van der Waals surface area contributed by atoms with Crippen molar-refractivity contribution in [2.24, 2.45) is 0 Å². The van der Waals surface area contributed by atoms with E-state index < -0.39 is 33.6 Å². The summed E-state index contributed by atoms with van der Waals surface area (Å²) in [5.74, 6) is -0.612. The molecule has 0 aliphatic rings. The Hall–Kier alpha value is -3.32. The van der Waals surface area contributed by atoms with Gasteiger partial charge in [-0.05, 0) is 49.2 Å². The molecule has 3 rings (SSSR count). The molecule has 188 valence electrons. The molecule has 2 heterocycles. The topological polar surface area (TPSA) is 121 Å². The minimum Gasteiger partial charge on any atom is -0.494 e. The number of hydrogen-bond acceptors (Lipinski definition) is 7. The lowest BCUT2D eigenvalue weighted by Crippen LogP contribution is -2.24. The first-order chi connectivity index (χ1) is 16.4. The third-order valence-corrected chi connectivity index (χ3v) is 8.23. The second-order valence-electron chi connectivity index (χ2n) is 7.30. The van der Waals surface area contributed by atoms with E-state index in [2.05, 4.69) is 0 Å². The molecule has 0 fully saturated rings. The molecule has 3 aromatic rings. The number of carboxylic acids is 1. The van der Waals surface area contributed by atoms with E-state index in [-0.39, 0.29) is 27.4 Å². The Bertz CT molecular complexity index is 1410. The zero-order valence-electron chi connectivity index (χ0n) is 18.6. The van der Waals surface area contributed by atoms with Gasteiger partial charge in [-0.25, -0.2) is 3.97 Å². The average Bonchev–Trinajstić information content (AvgIpc) is 3.41. The van der Waals surface area contributed by atoms with Crippen molar-refractivity contribution in [1.82, 2.24) is 9.29 Å². The van der Waals surface area contributed by atoms with Crippen LogP contribution in [0.15, 0.2) is 52.5 Å². The van der Waals surface area contributed by atoms with Crippen molar-refractivity contribution in [3.63, 3.8) is 0 Å². The van der Waals surface area contributed by atoms with Gasteiger partial charge in [0.2, 0.25) is 0 Å². The maximum absolute atomic E-state index is 13.5. The minimum atomic E-state index is -4.69. The molecule has 0 aliphatic heterocycles. The zero-order valence-corrected chi connectivity index (χ0v) is 20.3. The highest BCUT2D eigenvalue weighted by Crippen LogP contribution is 2.33. The van der Waals surface area contributed by atoms with Crippen LogP contribution in [-0.4, -0.2) is 49.0 Å². The van der Waals surface area contributed by atoms with Crippen LogP contribution < -0.4 is 10.1 Å². The summed E-state index contributed by atoms with van der Waals surface area (Å²) in [5.41, 5.74) is -0.861. The number of hydrogen-bond donors (Lipinski definition) is 3. The summed E-state index contributed by atoms with van der Waals surface area (Å²) in [6, 6.07) is 7.33. The quantitative estimate of drug-likeness (QED) is 0.335. The SMILES string of the molecule is CCOc1ccc2c(CCC(=O)O)cn(S(=O)(=O)c3ccc(C(=N)/C=C(\NC)C(F)(F)F)s3)c2c1. The van der Waals surface area contributed by atoms with E-state index in [1.54, 1.807) is 19.1 Å². The summed E-state index contributed by atoms with van der Waals surface area (Å²) in [6.45, 7) is 2.12. The van der Waals surface area contributed by atoms with E-state index in [1.807, 2.05) is 5.32 Å². The van der Waals surface area contributed by atoms with Gasteiger partial charge in [0.25, 0.3) is 10.0 Å². The summed E-state index contributed by atoms with van der Waals surface area (Å²) in [4.78, 5) is 11.1. The van der Waals surface area contributed by atoms with Crippen LogP contribution in [0.1, 0.15) is 23.8 Å². The fraction of sp³-hybridized carbons (Fsp3) is 0.273. The van der Waals surface area contributed by atoms with Crippen LogP contribution in [0.3, 0.4) is 0 Å². The van der Waals surface area contributed by atoms with Gasteiger partial charge < -0.3 is 15.2 Å². The van der Waals surface area contributed by atoms with Crippen LogP contribution in [0.25, 0.3) is 10.9 Å². The van der Waals surface area contributed by atoms with Crippen LogP contribution in [0.5, 0.6) is 5.75 Å². The third-order valence-electron chi connectivity index (χ3n) is 4.97.